The molecule has 2 fully saturated rings. The number of aliphatic imine (C=N–C) groups is 2. The molecule has 3 rings (SSSR count). The summed E-state index contributed by atoms with van der Waals surface area (Å²) in [6.07, 6.45) is 18.3. The van der Waals surface area contributed by atoms with E-state index in [1.807, 2.05) is 0 Å². The summed E-state index contributed by atoms with van der Waals surface area (Å²) in [5, 5.41) is 4.43. The van der Waals surface area contributed by atoms with Crippen molar-refractivity contribution in [1.82, 2.24) is 10.0 Å². The van der Waals surface area contributed by atoms with E-state index in [-0.39, 0.29) is 5.96 Å². The molecule has 4 N–H and O–H groups in total. The lowest BCUT2D eigenvalue weighted by atomic mass is 10.0. The second kappa shape index (κ2) is 11.1. The van der Waals surface area contributed by atoms with Gasteiger partial charge in [-0.15, -0.1) is 0 Å². The lowest BCUT2D eigenvalue weighted by Gasteiger charge is -2.32. The van der Waals surface area contributed by atoms with E-state index in [1.54, 1.807) is 23.7 Å². The van der Waals surface area contributed by atoms with Crippen LogP contribution in [0.5, 0.6) is 0 Å². The van der Waals surface area contributed by atoms with Crippen LogP contribution in [0.25, 0.3) is 0 Å². The molecule has 2 aliphatic carbocycles. The zero-order valence-corrected chi connectivity index (χ0v) is 18.6. The van der Waals surface area contributed by atoms with Crippen molar-refractivity contribution in [1.29, 1.82) is 0 Å². The first-order valence-electron chi connectivity index (χ1n) is 10.6. The Hall–Kier alpha value is -0.270. The van der Waals surface area contributed by atoms with Crippen molar-refractivity contribution in [3.8, 4) is 0 Å². The summed E-state index contributed by atoms with van der Waals surface area (Å²) in [5.41, 5.74) is 5.99. The van der Waals surface area contributed by atoms with Gasteiger partial charge in [-0.25, -0.2) is 0 Å². The molecule has 8 heteroatoms. The first kappa shape index (κ1) is 21.4. The highest BCUT2D eigenvalue weighted by molar-refractivity contribution is 8.02. The van der Waals surface area contributed by atoms with Crippen LogP contribution in [0.15, 0.2) is 9.98 Å². The minimum absolute atomic E-state index is 0.253. The van der Waals surface area contributed by atoms with E-state index in [4.69, 9.17) is 17.3 Å². The monoisotopic (exact) mass is 431 g/mol. The Morgan fingerprint density at radius 1 is 0.889 bits per heavy atom. The second-order valence-electron chi connectivity index (χ2n) is 7.89. The molecule has 0 amide bonds. The van der Waals surface area contributed by atoms with Crippen LogP contribution in [0.4, 0.5) is 0 Å². The lowest BCUT2D eigenvalue weighted by molar-refractivity contribution is 0.510. The van der Waals surface area contributed by atoms with Crippen molar-refractivity contribution in [2.75, 3.05) is 0 Å². The summed E-state index contributed by atoms with van der Waals surface area (Å²) >= 11 is 10.3. The van der Waals surface area contributed by atoms with Gasteiger partial charge < -0.3 is 11.1 Å². The van der Waals surface area contributed by atoms with Gasteiger partial charge in [-0.1, -0.05) is 87.6 Å². The number of nitrogens with two attached hydrogens (primary N) is 1. The van der Waals surface area contributed by atoms with Crippen molar-refractivity contribution in [2.45, 2.75) is 105 Å². The zero-order chi connectivity index (χ0) is 19.0. The molecule has 3 aliphatic rings. The third-order valence-electron chi connectivity index (χ3n) is 5.51. The van der Waals surface area contributed by atoms with Gasteiger partial charge in [-0.05, 0) is 37.6 Å². The fraction of sp³-hybridized carbons (Fsp3) is 0.895. The summed E-state index contributed by atoms with van der Waals surface area (Å²) in [5.74, 6) is 0.894. The Labute approximate surface area is 177 Å². The van der Waals surface area contributed by atoms with E-state index in [9.17, 15) is 0 Å². The molecule has 0 spiro atoms. The molecule has 27 heavy (non-hydrogen) atoms. The van der Waals surface area contributed by atoms with Crippen LogP contribution in [0.2, 0.25) is 0 Å². The van der Waals surface area contributed by atoms with Gasteiger partial charge in [0.05, 0.1) is 0 Å². The average molecular weight is 432 g/mol. The van der Waals surface area contributed by atoms with Crippen LogP contribution in [-0.2, 0) is 0 Å². The summed E-state index contributed by atoms with van der Waals surface area (Å²) in [6.45, 7) is 0. The quantitative estimate of drug-likeness (QED) is 0.319. The van der Waals surface area contributed by atoms with Crippen molar-refractivity contribution < 1.29 is 0 Å². The van der Waals surface area contributed by atoms with Gasteiger partial charge in [0.15, 0.2) is 0 Å². The van der Waals surface area contributed by atoms with Crippen LogP contribution in [0, 0.1) is 0 Å². The topological polar surface area (TPSA) is 74.8 Å². The lowest BCUT2D eigenvalue weighted by Crippen LogP contribution is -2.50. The fourth-order valence-corrected chi connectivity index (χ4v) is 6.84. The van der Waals surface area contributed by atoms with Gasteiger partial charge in [0.1, 0.15) is 0 Å². The van der Waals surface area contributed by atoms with Crippen LogP contribution < -0.4 is 15.8 Å². The first-order valence-corrected chi connectivity index (χ1v) is 12.8. The highest BCUT2D eigenvalue weighted by atomic mass is 35.5. The molecule has 0 radical (unpaired) electrons. The van der Waals surface area contributed by atoms with Crippen molar-refractivity contribution in [3.05, 3.63) is 0 Å². The molecular weight excluding hydrogens is 398 g/mol. The smallest absolute Gasteiger partial charge is 0.261 e. The molecule has 0 saturated heterocycles. The maximum Gasteiger partial charge on any atom is 0.261 e. The van der Waals surface area contributed by atoms with Gasteiger partial charge in [0.2, 0.25) is 11.9 Å². The maximum atomic E-state index is 6.82. The van der Waals surface area contributed by atoms with Gasteiger partial charge in [0, 0.05) is 10.5 Å². The number of hydrogen-bond donors (Lipinski definition) is 3. The summed E-state index contributed by atoms with van der Waals surface area (Å²) in [6, 6.07) is 0. The molecular formula is C19H34ClN5S2. The molecule has 0 aromatic rings. The van der Waals surface area contributed by atoms with Crippen LogP contribution in [0.1, 0.15) is 89.9 Å². The Bertz CT molecular complexity index is 514. The van der Waals surface area contributed by atoms with Crippen molar-refractivity contribution in [3.63, 3.8) is 0 Å². The molecule has 154 valence electrons. The average Bonchev–Trinajstić information content (AvgIpc) is 2.55. The molecule has 1 heterocycles. The normalized spacial score (nSPS) is 29.4. The largest absolute Gasteiger partial charge is 0.368 e. The number of rotatable bonds is 4. The second-order valence-corrected chi connectivity index (χ2v) is 11.3. The molecule has 0 bridgehead atoms. The first-order chi connectivity index (χ1) is 13.1. The van der Waals surface area contributed by atoms with Crippen LogP contribution >= 0.6 is 35.3 Å². The molecule has 1 aliphatic heterocycles. The Morgan fingerprint density at radius 3 is 2.00 bits per heavy atom. The van der Waals surface area contributed by atoms with E-state index >= 15 is 0 Å². The Morgan fingerprint density at radius 2 is 1.41 bits per heavy atom. The van der Waals surface area contributed by atoms with Gasteiger partial charge >= 0.3 is 0 Å². The number of thioether (sulfide) groups is 1. The SMILES string of the molecule is NC1=NC(Cl)(SC2CCCCCCC2)NC(NSC2CCCCCCC2)=N1. The van der Waals surface area contributed by atoms with E-state index < -0.39 is 4.45 Å². The molecule has 5 nitrogen and oxygen atoms in total. The third kappa shape index (κ3) is 7.58. The van der Waals surface area contributed by atoms with Crippen LogP contribution in [0.3, 0.4) is 0 Å². The molecule has 0 aromatic carbocycles. The number of halogens is 1. The number of nitrogens with one attached hydrogen (secondary N) is 2. The third-order valence-corrected chi connectivity index (χ3v) is 8.38. The molecule has 2 saturated carbocycles. The molecule has 1 atom stereocenters. The number of guanidine groups is 2. The van der Waals surface area contributed by atoms with Gasteiger partial charge in [0.25, 0.3) is 4.45 Å². The molecule has 1 unspecified atom stereocenters. The van der Waals surface area contributed by atoms with Crippen molar-refractivity contribution in [2.24, 2.45) is 15.7 Å². The van der Waals surface area contributed by atoms with Crippen molar-refractivity contribution >= 4 is 47.2 Å². The van der Waals surface area contributed by atoms with Crippen LogP contribution in [-0.4, -0.2) is 26.9 Å². The number of nitrogens with zero attached hydrogens (tertiary/aromatic N) is 2. The highest BCUT2D eigenvalue weighted by Crippen LogP contribution is 2.39. The number of hydrogen-bond acceptors (Lipinski definition) is 7. The fourth-order valence-electron chi connectivity index (χ4n) is 4.03. The van der Waals surface area contributed by atoms with E-state index in [0.717, 1.165) is 0 Å². The molecule has 0 aromatic heterocycles. The summed E-state index contributed by atoms with van der Waals surface area (Å²) in [7, 11) is 0. The summed E-state index contributed by atoms with van der Waals surface area (Å²) in [4.78, 5) is 8.74. The van der Waals surface area contributed by atoms with Gasteiger partial charge in [-0.3, -0.25) is 4.72 Å². The van der Waals surface area contributed by atoms with E-state index in [1.165, 1.54) is 89.9 Å². The van der Waals surface area contributed by atoms with Gasteiger partial charge in [-0.2, -0.15) is 9.98 Å². The maximum absolute atomic E-state index is 6.82. The predicted molar refractivity (Wildman–Crippen MR) is 121 cm³/mol. The zero-order valence-electron chi connectivity index (χ0n) is 16.2. The predicted octanol–water partition coefficient (Wildman–Crippen LogP) is 5.31. The minimum atomic E-state index is -0.945. The Balaban J connectivity index is 1.52. The van der Waals surface area contributed by atoms with E-state index in [2.05, 4.69) is 20.0 Å². The van der Waals surface area contributed by atoms with E-state index in [0.29, 0.717) is 16.5 Å². The Kier molecular flexibility index (Phi) is 8.78. The number of alkyl halides is 1. The highest BCUT2D eigenvalue weighted by Gasteiger charge is 2.35. The minimum Gasteiger partial charge on any atom is -0.368 e. The summed E-state index contributed by atoms with van der Waals surface area (Å²) < 4.78 is 2.44. The standard InChI is InChI=1S/C19H34ClN5S2/c20-19(26-15-11-7-3-1-4-8-12-15)23-17(21)22-18(24-19)25-27-16-13-9-5-2-6-10-14-16/h15-16H,1-14H2,(H4,21,22,23,24,25).